The minimum atomic E-state index is -0.00360. The molecule has 1 heterocycles. The van der Waals surface area contributed by atoms with Crippen molar-refractivity contribution in [1.29, 1.82) is 0 Å². The molecule has 1 N–H and O–H groups in total. The number of hydrogen-bond acceptors (Lipinski definition) is 4. The largest absolute Gasteiger partial charge is 0.493 e. The van der Waals surface area contributed by atoms with Crippen LogP contribution in [0.25, 0.3) is 6.08 Å². The standard InChI is InChI=1S/C17H23ClN2O3/c1-11-9-20(10-12(2)19-11)16(21)6-5-13-7-14(18)17(23-4)15(8-13)22-3/h5-8,11-12,19H,9-10H2,1-4H3. The van der Waals surface area contributed by atoms with Gasteiger partial charge in [-0.3, -0.25) is 4.79 Å². The van der Waals surface area contributed by atoms with Crippen LogP contribution in [0.2, 0.25) is 5.02 Å². The lowest BCUT2D eigenvalue weighted by atomic mass is 10.1. The summed E-state index contributed by atoms with van der Waals surface area (Å²) >= 11 is 6.17. The first kappa shape index (κ1) is 17.6. The second-order valence-electron chi connectivity index (χ2n) is 5.78. The molecule has 5 nitrogen and oxygen atoms in total. The van der Waals surface area contributed by atoms with Crippen LogP contribution in [0.1, 0.15) is 19.4 Å². The van der Waals surface area contributed by atoms with E-state index in [2.05, 4.69) is 19.2 Å². The molecule has 126 valence electrons. The Bertz CT molecular complexity index is 594. The van der Waals surface area contributed by atoms with Gasteiger partial charge in [0.1, 0.15) is 0 Å². The van der Waals surface area contributed by atoms with E-state index in [1.807, 2.05) is 4.90 Å². The Hall–Kier alpha value is -1.72. The van der Waals surface area contributed by atoms with Crippen LogP contribution in [0.5, 0.6) is 11.5 Å². The van der Waals surface area contributed by atoms with Crippen molar-refractivity contribution in [3.8, 4) is 11.5 Å². The fourth-order valence-electron chi connectivity index (χ4n) is 2.81. The third kappa shape index (κ3) is 4.39. The number of carbonyl (C=O) groups excluding carboxylic acids is 1. The Labute approximate surface area is 142 Å². The first-order chi connectivity index (χ1) is 10.9. The van der Waals surface area contributed by atoms with Crippen LogP contribution in [-0.2, 0) is 4.79 Å². The number of nitrogens with one attached hydrogen (secondary N) is 1. The van der Waals surface area contributed by atoms with Gasteiger partial charge in [0.05, 0.1) is 19.2 Å². The predicted octanol–water partition coefficient (Wildman–Crippen LogP) is 2.58. The zero-order valence-electron chi connectivity index (χ0n) is 13.9. The van der Waals surface area contributed by atoms with E-state index < -0.39 is 0 Å². The number of benzene rings is 1. The number of halogens is 1. The Morgan fingerprint density at radius 1 is 1.26 bits per heavy atom. The average Bonchev–Trinajstić information content (AvgIpc) is 2.50. The molecule has 0 spiro atoms. The van der Waals surface area contributed by atoms with Gasteiger partial charge in [0.25, 0.3) is 0 Å². The van der Waals surface area contributed by atoms with E-state index >= 15 is 0 Å². The number of piperazine rings is 1. The van der Waals surface area contributed by atoms with Gasteiger partial charge < -0.3 is 19.7 Å². The minimum Gasteiger partial charge on any atom is -0.493 e. The highest BCUT2D eigenvalue weighted by Crippen LogP contribution is 2.36. The number of carbonyl (C=O) groups is 1. The van der Waals surface area contributed by atoms with E-state index in [0.29, 0.717) is 41.7 Å². The van der Waals surface area contributed by atoms with Crippen LogP contribution in [0, 0.1) is 0 Å². The van der Waals surface area contributed by atoms with Crippen molar-refractivity contribution in [2.75, 3.05) is 27.3 Å². The Morgan fingerprint density at radius 2 is 1.91 bits per heavy atom. The van der Waals surface area contributed by atoms with Gasteiger partial charge in [-0.2, -0.15) is 0 Å². The lowest BCUT2D eigenvalue weighted by Gasteiger charge is -2.35. The summed E-state index contributed by atoms with van der Waals surface area (Å²) in [6.07, 6.45) is 3.32. The summed E-state index contributed by atoms with van der Waals surface area (Å²) in [5.74, 6) is 1.02. The molecular formula is C17H23ClN2O3. The molecule has 2 rings (SSSR count). The van der Waals surface area contributed by atoms with Gasteiger partial charge in [0.2, 0.25) is 5.91 Å². The number of amides is 1. The summed E-state index contributed by atoms with van der Waals surface area (Å²) in [6, 6.07) is 4.13. The van der Waals surface area contributed by atoms with Crippen LogP contribution in [-0.4, -0.2) is 50.2 Å². The predicted molar refractivity (Wildman–Crippen MR) is 92.2 cm³/mol. The van der Waals surface area contributed by atoms with E-state index in [0.717, 1.165) is 5.56 Å². The zero-order valence-corrected chi connectivity index (χ0v) is 14.7. The first-order valence-electron chi connectivity index (χ1n) is 7.59. The smallest absolute Gasteiger partial charge is 0.246 e. The maximum atomic E-state index is 12.3. The van der Waals surface area contributed by atoms with Crippen LogP contribution in [0.3, 0.4) is 0 Å². The van der Waals surface area contributed by atoms with Crippen molar-refractivity contribution in [2.24, 2.45) is 0 Å². The van der Waals surface area contributed by atoms with Gasteiger partial charge in [-0.15, -0.1) is 0 Å². The first-order valence-corrected chi connectivity index (χ1v) is 7.97. The van der Waals surface area contributed by atoms with E-state index in [-0.39, 0.29) is 5.91 Å². The van der Waals surface area contributed by atoms with Crippen molar-refractivity contribution in [2.45, 2.75) is 25.9 Å². The number of hydrogen-bond donors (Lipinski definition) is 1. The van der Waals surface area contributed by atoms with E-state index in [9.17, 15) is 4.79 Å². The zero-order chi connectivity index (χ0) is 17.0. The summed E-state index contributed by atoms with van der Waals surface area (Å²) < 4.78 is 10.5. The molecule has 2 unspecified atom stereocenters. The molecular weight excluding hydrogens is 316 g/mol. The molecule has 1 aliphatic heterocycles. The van der Waals surface area contributed by atoms with E-state index in [1.165, 1.54) is 7.11 Å². The van der Waals surface area contributed by atoms with Crippen molar-refractivity contribution >= 4 is 23.6 Å². The molecule has 0 radical (unpaired) electrons. The van der Waals surface area contributed by atoms with Crippen molar-refractivity contribution in [1.82, 2.24) is 10.2 Å². The molecule has 23 heavy (non-hydrogen) atoms. The highest BCUT2D eigenvalue weighted by molar-refractivity contribution is 6.32. The van der Waals surface area contributed by atoms with Gasteiger partial charge in [0, 0.05) is 31.2 Å². The van der Waals surface area contributed by atoms with Crippen molar-refractivity contribution < 1.29 is 14.3 Å². The summed E-state index contributed by atoms with van der Waals surface area (Å²) in [7, 11) is 3.09. The third-order valence-electron chi connectivity index (χ3n) is 3.74. The monoisotopic (exact) mass is 338 g/mol. The molecule has 2 atom stereocenters. The second-order valence-corrected chi connectivity index (χ2v) is 6.19. The fourth-order valence-corrected chi connectivity index (χ4v) is 3.11. The summed E-state index contributed by atoms with van der Waals surface area (Å²) in [6.45, 7) is 5.57. The molecule has 0 aromatic heterocycles. The SMILES string of the molecule is COc1cc(C=CC(=O)N2CC(C)NC(C)C2)cc(Cl)c1OC. The van der Waals surface area contributed by atoms with Gasteiger partial charge in [-0.05, 0) is 37.6 Å². The molecule has 1 aliphatic rings. The molecule has 1 aromatic carbocycles. The number of nitrogens with zero attached hydrogens (tertiary/aromatic N) is 1. The molecule has 0 bridgehead atoms. The second kappa shape index (κ2) is 7.70. The van der Waals surface area contributed by atoms with Crippen LogP contribution in [0.15, 0.2) is 18.2 Å². The number of ether oxygens (including phenoxy) is 2. The summed E-state index contributed by atoms with van der Waals surface area (Å²) in [4.78, 5) is 14.2. The molecule has 1 amide bonds. The van der Waals surface area contributed by atoms with Crippen molar-refractivity contribution in [3.05, 3.63) is 28.8 Å². The number of methoxy groups -OCH3 is 2. The van der Waals surface area contributed by atoms with Crippen LogP contribution < -0.4 is 14.8 Å². The maximum absolute atomic E-state index is 12.3. The third-order valence-corrected chi connectivity index (χ3v) is 4.02. The highest BCUT2D eigenvalue weighted by atomic mass is 35.5. The normalized spacial score (nSPS) is 21.5. The van der Waals surface area contributed by atoms with Gasteiger partial charge in [-0.25, -0.2) is 0 Å². The molecule has 0 saturated carbocycles. The summed E-state index contributed by atoms with van der Waals surface area (Å²) in [5, 5.41) is 3.85. The molecule has 1 saturated heterocycles. The van der Waals surface area contributed by atoms with Gasteiger partial charge in [-0.1, -0.05) is 11.6 Å². The van der Waals surface area contributed by atoms with Gasteiger partial charge in [0.15, 0.2) is 11.5 Å². The number of rotatable bonds is 4. The summed E-state index contributed by atoms with van der Waals surface area (Å²) in [5.41, 5.74) is 0.789. The lowest BCUT2D eigenvalue weighted by molar-refractivity contribution is -0.127. The molecule has 0 aliphatic carbocycles. The van der Waals surface area contributed by atoms with E-state index in [4.69, 9.17) is 21.1 Å². The van der Waals surface area contributed by atoms with Crippen LogP contribution >= 0.6 is 11.6 Å². The Balaban J connectivity index is 2.13. The quantitative estimate of drug-likeness (QED) is 0.857. The highest BCUT2D eigenvalue weighted by Gasteiger charge is 2.23. The average molecular weight is 339 g/mol. The van der Waals surface area contributed by atoms with Crippen molar-refractivity contribution in [3.63, 3.8) is 0 Å². The maximum Gasteiger partial charge on any atom is 0.246 e. The Kier molecular flexibility index (Phi) is 5.91. The topological polar surface area (TPSA) is 50.8 Å². The molecule has 6 heteroatoms. The van der Waals surface area contributed by atoms with Gasteiger partial charge >= 0.3 is 0 Å². The molecule has 1 fully saturated rings. The lowest BCUT2D eigenvalue weighted by Crippen LogP contribution is -2.55. The minimum absolute atomic E-state index is 0.00360. The van der Waals surface area contributed by atoms with Crippen LogP contribution in [0.4, 0.5) is 0 Å². The molecule has 1 aromatic rings. The Morgan fingerprint density at radius 3 is 2.48 bits per heavy atom. The fraction of sp³-hybridized carbons (Fsp3) is 0.471. The van der Waals surface area contributed by atoms with E-state index in [1.54, 1.807) is 31.4 Å².